The molecule has 0 aliphatic carbocycles. The average molecular weight is 306 g/mol. The smallest absolute Gasteiger partial charge is 0.175 e. The predicted molar refractivity (Wildman–Crippen MR) is 85.2 cm³/mol. The molecule has 2 aromatic rings. The van der Waals surface area contributed by atoms with Gasteiger partial charge in [0.25, 0.3) is 0 Å². The molecule has 20 heavy (non-hydrogen) atoms. The molecule has 2 aromatic carbocycles. The van der Waals surface area contributed by atoms with Crippen molar-refractivity contribution in [1.82, 2.24) is 0 Å². The Labute approximate surface area is 123 Å². The lowest BCUT2D eigenvalue weighted by atomic mass is 10.2. The molecule has 104 valence electrons. The van der Waals surface area contributed by atoms with Crippen molar-refractivity contribution in [2.24, 2.45) is 5.73 Å². The van der Waals surface area contributed by atoms with Gasteiger partial charge >= 0.3 is 0 Å². The molecular weight excluding hydrogens is 292 g/mol. The second-order valence-corrected chi connectivity index (χ2v) is 6.82. The average Bonchev–Trinajstić information content (AvgIpc) is 2.39. The van der Waals surface area contributed by atoms with Gasteiger partial charge in [-0.3, -0.25) is 0 Å². The summed E-state index contributed by atoms with van der Waals surface area (Å²) in [6, 6.07) is 14.0. The molecule has 0 saturated heterocycles. The zero-order chi connectivity index (χ0) is 14.8. The lowest BCUT2D eigenvalue weighted by Crippen LogP contribution is -2.08. The number of hydrogen-bond acceptors (Lipinski definition) is 4. The fraction of sp³-hybridized carbons (Fsp3) is 0.0714. The lowest BCUT2D eigenvalue weighted by molar-refractivity contribution is 0.602. The van der Waals surface area contributed by atoms with E-state index in [0.717, 1.165) is 16.9 Å². The zero-order valence-corrected chi connectivity index (χ0v) is 12.5. The second-order valence-electron chi connectivity index (χ2n) is 4.36. The van der Waals surface area contributed by atoms with Gasteiger partial charge in [0.05, 0.1) is 4.90 Å². The highest BCUT2D eigenvalue weighted by molar-refractivity contribution is 7.90. The summed E-state index contributed by atoms with van der Waals surface area (Å²) < 4.78 is 22.7. The van der Waals surface area contributed by atoms with Gasteiger partial charge in [-0.25, -0.2) is 8.42 Å². The Hall–Kier alpha value is -1.92. The van der Waals surface area contributed by atoms with Crippen molar-refractivity contribution in [3.63, 3.8) is 0 Å². The van der Waals surface area contributed by atoms with Crippen LogP contribution in [0.15, 0.2) is 53.4 Å². The van der Waals surface area contributed by atoms with Crippen LogP contribution in [0.25, 0.3) is 0 Å². The van der Waals surface area contributed by atoms with Crippen LogP contribution < -0.4 is 11.1 Å². The number of anilines is 2. The third-order valence-electron chi connectivity index (χ3n) is 2.74. The molecule has 0 fully saturated rings. The summed E-state index contributed by atoms with van der Waals surface area (Å²) in [7, 11) is -3.16. The molecule has 0 spiro atoms. The van der Waals surface area contributed by atoms with Crippen molar-refractivity contribution >= 4 is 38.4 Å². The van der Waals surface area contributed by atoms with E-state index in [-0.39, 0.29) is 0 Å². The lowest BCUT2D eigenvalue weighted by Gasteiger charge is -2.08. The van der Waals surface area contributed by atoms with E-state index in [4.69, 9.17) is 18.0 Å². The van der Waals surface area contributed by atoms with Crippen molar-refractivity contribution < 1.29 is 8.42 Å². The largest absolute Gasteiger partial charge is 0.389 e. The molecule has 0 atom stereocenters. The molecule has 3 N–H and O–H groups in total. The third-order valence-corrected chi connectivity index (χ3v) is 4.10. The quantitative estimate of drug-likeness (QED) is 0.849. The van der Waals surface area contributed by atoms with Crippen LogP contribution in [0.5, 0.6) is 0 Å². The molecule has 0 unspecified atom stereocenters. The maximum absolute atomic E-state index is 11.4. The Morgan fingerprint density at radius 2 is 1.45 bits per heavy atom. The van der Waals surface area contributed by atoms with Crippen molar-refractivity contribution in [2.45, 2.75) is 4.90 Å². The Balaban J connectivity index is 2.16. The normalized spacial score (nSPS) is 11.1. The number of thiocarbonyl (C=S) groups is 1. The molecule has 0 bridgehead atoms. The van der Waals surface area contributed by atoms with Gasteiger partial charge in [-0.15, -0.1) is 0 Å². The Bertz CT molecular complexity index is 721. The highest BCUT2D eigenvalue weighted by atomic mass is 32.2. The van der Waals surface area contributed by atoms with Crippen LogP contribution >= 0.6 is 12.2 Å². The van der Waals surface area contributed by atoms with E-state index in [1.807, 2.05) is 24.3 Å². The zero-order valence-electron chi connectivity index (χ0n) is 10.8. The molecule has 0 amide bonds. The fourth-order valence-electron chi connectivity index (χ4n) is 1.67. The number of nitrogens with two attached hydrogens (primary N) is 1. The molecule has 0 aliphatic heterocycles. The third kappa shape index (κ3) is 3.55. The first-order valence-corrected chi connectivity index (χ1v) is 8.13. The maximum Gasteiger partial charge on any atom is 0.175 e. The van der Waals surface area contributed by atoms with E-state index in [9.17, 15) is 8.42 Å². The van der Waals surface area contributed by atoms with E-state index in [1.54, 1.807) is 24.3 Å². The first-order valence-electron chi connectivity index (χ1n) is 5.83. The fourth-order valence-corrected chi connectivity index (χ4v) is 2.44. The van der Waals surface area contributed by atoms with Crippen molar-refractivity contribution in [3.8, 4) is 0 Å². The standard InChI is InChI=1S/C14H14N2O2S2/c1-20(17,18)13-8-6-12(7-9-13)16-11-4-2-10(3-5-11)14(15)19/h2-9,16H,1H3,(H2,15,19). The molecule has 2 rings (SSSR count). The van der Waals surface area contributed by atoms with Crippen LogP contribution in [0.1, 0.15) is 5.56 Å². The van der Waals surface area contributed by atoms with Gasteiger partial charge in [-0.2, -0.15) is 0 Å². The molecule has 4 nitrogen and oxygen atoms in total. The molecule has 6 heteroatoms. The summed E-state index contributed by atoms with van der Waals surface area (Å²) in [6.45, 7) is 0. The van der Waals surface area contributed by atoms with Gasteiger partial charge in [-0.05, 0) is 48.5 Å². The van der Waals surface area contributed by atoms with Crippen LogP contribution in [-0.2, 0) is 9.84 Å². The summed E-state index contributed by atoms with van der Waals surface area (Å²) in [6.07, 6.45) is 1.18. The topological polar surface area (TPSA) is 72.2 Å². The molecular formula is C14H14N2O2S2. The van der Waals surface area contributed by atoms with Crippen molar-refractivity contribution in [2.75, 3.05) is 11.6 Å². The first-order chi connectivity index (χ1) is 9.36. The molecule has 0 saturated carbocycles. The SMILES string of the molecule is CS(=O)(=O)c1ccc(Nc2ccc(C(N)=S)cc2)cc1. The predicted octanol–water partition coefficient (Wildman–Crippen LogP) is 2.47. The Morgan fingerprint density at radius 1 is 1.00 bits per heavy atom. The Morgan fingerprint density at radius 3 is 1.85 bits per heavy atom. The Kier molecular flexibility index (Phi) is 4.06. The van der Waals surface area contributed by atoms with Gasteiger partial charge in [0.15, 0.2) is 9.84 Å². The molecule has 0 aliphatic rings. The van der Waals surface area contributed by atoms with Crippen LogP contribution in [0, 0.1) is 0 Å². The van der Waals surface area contributed by atoms with Crippen LogP contribution in [0.3, 0.4) is 0 Å². The molecule has 0 heterocycles. The summed E-state index contributed by atoms with van der Waals surface area (Å²) in [5, 5.41) is 3.17. The summed E-state index contributed by atoms with van der Waals surface area (Å²) >= 11 is 4.88. The van der Waals surface area contributed by atoms with E-state index in [1.165, 1.54) is 6.26 Å². The second kappa shape index (κ2) is 5.60. The molecule has 0 aromatic heterocycles. The van der Waals surface area contributed by atoms with Gasteiger partial charge in [0.2, 0.25) is 0 Å². The minimum atomic E-state index is -3.16. The van der Waals surface area contributed by atoms with Crippen molar-refractivity contribution in [1.29, 1.82) is 0 Å². The summed E-state index contributed by atoms with van der Waals surface area (Å²) in [5.41, 5.74) is 8.01. The first kappa shape index (κ1) is 14.5. The number of rotatable bonds is 4. The van der Waals surface area contributed by atoms with Crippen LogP contribution in [0.2, 0.25) is 0 Å². The van der Waals surface area contributed by atoms with E-state index in [2.05, 4.69) is 5.32 Å². The number of benzene rings is 2. The summed E-state index contributed by atoms with van der Waals surface area (Å²) in [5.74, 6) is 0. The monoisotopic (exact) mass is 306 g/mol. The van der Waals surface area contributed by atoms with E-state index >= 15 is 0 Å². The number of hydrogen-bond donors (Lipinski definition) is 2. The van der Waals surface area contributed by atoms with E-state index in [0.29, 0.717) is 9.88 Å². The highest BCUT2D eigenvalue weighted by Gasteiger charge is 2.06. The number of nitrogens with one attached hydrogen (secondary N) is 1. The van der Waals surface area contributed by atoms with Gasteiger partial charge in [-0.1, -0.05) is 12.2 Å². The number of sulfone groups is 1. The van der Waals surface area contributed by atoms with Crippen LogP contribution in [0.4, 0.5) is 11.4 Å². The highest BCUT2D eigenvalue weighted by Crippen LogP contribution is 2.19. The van der Waals surface area contributed by atoms with Gasteiger partial charge in [0, 0.05) is 23.2 Å². The van der Waals surface area contributed by atoms with Crippen LogP contribution in [-0.4, -0.2) is 19.7 Å². The molecule has 0 radical (unpaired) electrons. The van der Waals surface area contributed by atoms with Gasteiger partial charge < -0.3 is 11.1 Å². The maximum atomic E-state index is 11.4. The van der Waals surface area contributed by atoms with Gasteiger partial charge in [0.1, 0.15) is 4.99 Å². The summed E-state index contributed by atoms with van der Waals surface area (Å²) in [4.78, 5) is 0.654. The minimum absolute atomic E-state index is 0.298. The van der Waals surface area contributed by atoms with Crippen molar-refractivity contribution in [3.05, 3.63) is 54.1 Å². The minimum Gasteiger partial charge on any atom is -0.389 e. The van der Waals surface area contributed by atoms with E-state index < -0.39 is 9.84 Å².